The molecule has 4 rings (SSSR count). The lowest BCUT2D eigenvalue weighted by molar-refractivity contribution is 0.0438. The summed E-state index contributed by atoms with van der Waals surface area (Å²) in [6.07, 6.45) is 0. The van der Waals surface area contributed by atoms with Gasteiger partial charge in [0.2, 0.25) is 5.76 Å². The molecule has 0 fully saturated rings. The predicted octanol–water partition coefficient (Wildman–Crippen LogP) is 4.18. The van der Waals surface area contributed by atoms with Gasteiger partial charge in [-0.2, -0.15) is 0 Å². The molecule has 0 saturated heterocycles. The molecule has 146 valence electrons. The Morgan fingerprint density at radius 3 is 2.41 bits per heavy atom. The lowest BCUT2D eigenvalue weighted by Crippen LogP contribution is -2.11. The minimum absolute atomic E-state index is 0.154. The van der Waals surface area contributed by atoms with Gasteiger partial charge in [-0.05, 0) is 56.2 Å². The number of carbonyl (C=O) groups excluding carboxylic acids is 1. The Labute approximate surface area is 165 Å². The summed E-state index contributed by atoms with van der Waals surface area (Å²) in [7, 11) is 0. The lowest BCUT2D eigenvalue weighted by atomic mass is 10.0. The highest BCUT2D eigenvalue weighted by Crippen LogP contribution is 2.22. The number of esters is 1. The van der Waals surface area contributed by atoms with Crippen molar-refractivity contribution in [2.24, 2.45) is 0 Å². The minimum atomic E-state index is -0.783. The van der Waals surface area contributed by atoms with E-state index in [2.05, 4.69) is 0 Å². The molecule has 0 radical (unpaired) electrons. The van der Waals surface area contributed by atoms with Crippen LogP contribution in [0.4, 0.5) is 0 Å². The predicted molar refractivity (Wildman–Crippen MR) is 108 cm³/mol. The van der Waals surface area contributed by atoms with Crippen molar-refractivity contribution in [2.45, 2.75) is 27.4 Å². The highest BCUT2D eigenvalue weighted by Gasteiger charge is 2.16. The number of fused-ring (bicyclic) bond motifs is 2. The van der Waals surface area contributed by atoms with E-state index in [-0.39, 0.29) is 17.8 Å². The van der Waals surface area contributed by atoms with Gasteiger partial charge in [-0.25, -0.2) is 9.59 Å². The van der Waals surface area contributed by atoms with E-state index in [9.17, 15) is 14.4 Å². The number of carbonyl (C=O) groups is 1. The molecule has 4 aromatic rings. The number of rotatable bonds is 3. The van der Waals surface area contributed by atoms with Crippen LogP contribution in [0.5, 0.6) is 0 Å². The molecule has 0 bridgehead atoms. The molecule has 2 aromatic carbocycles. The van der Waals surface area contributed by atoms with Gasteiger partial charge in [-0.15, -0.1) is 0 Å². The third kappa shape index (κ3) is 3.57. The fourth-order valence-corrected chi connectivity index (χ4v) is 3.19. The average Bonchev–Trinajstić information content (AvgIpc) is 2.67. The van der Waals surface area contributed by atoms with Crippen LogP contribution in [0.2, 0.25) is 0 Å². The fraction of sp³-hybridized carbons (Fsp3) is 0.174. The van der Waals surface area contributed by atoms with Crippen LogP contribution >= 0.6 is 0 Å². The van der Waals surface area contributed by atoms with Gasteiger partial charge in [0.25, 0.3) is 0 Å². The summed E-state index contributed by atoms with van der Waals surface area (Å²) in [6, 6.07) is 11.2. The van der Waals surface area contributed by atoms with E-state index in [0.29, 0.717) is 27.5 Å². The first-order valence-corrected chi connectivity index (χ1v) is 9.07. The fourth-order valence-electron chi connectivity index (χ4n) is 3.19. The van der Waals surface area contributed by atoms with Crippen LogP contribution in [0.15, 0.2) is 60.9 Å². The van der Waals surface area contributed by atoms with Gasteiger partial charge in [0.05, 0.1) is 5.39 Å². The van der Waals surface area contributed by atoms with Crippen molar-refractivity contribution in [3.8, 4) is 0 Å². The second-order valence-electron chi connectivity index (χ2n) is 7.07. The Kier molecular flexibility index (Phi) is 4.54. The first-order chi connectivity index (χ1) is 13.8. The highest BCUT2D eigenvalue weighted by molar-refractivity contribution is 5.89. The molecule has 2 aromatic heterocycles. The normalized spacial score (nSPS) is 11.1. The topological polar surface area (TPSA) is 86.7 Å². The van der Waals surface area contributed by atoms with E-state index in [4.69, 9.17) is 13.6 Å². The highest BCUT2D eigenvalue weighted by atomic mass is 16.5. The lowest BCUT2D eigenvalue weighted by Gasteiger charge is -2.09. The Bertz CT molecular complexity index is 1390. The molecule has 0 aliphatic rings. The van der Waals surface area contributed by atoms with Crippen LogP contribution < -0.4 is 11.1 Å². The summed E-state index contributed by atoms with van der Waals surface area (Å²) in [5.41, 5.74) is 3.34. The molecule has 29 heavy (non-hydrogen) atoms. The van der Waals surface area contributed by atoms with Crippen molar-refractivity contribution in [3.63, 3.8) is 0 Å². The Hall–Kier alpha value is -3.67. The maximum absolute atomic E-state index is 12.5. The Morgan fingerprint density at radius 2 is 1.62 bits per heavy atom. The molecule has 0 amide bonds. The van der Waals surface area contributed by atoms with Crippen molar-refractivity contribution in [3.05, 3.63) is 91.1 Å². The maximum atomic E-state index is 12.5. The molecule has 0 saturated carbocycles. The SMILES string of the molecule is Cc1ccc2oc(C(=O)OCc3cc(=O)oc4cc(C)c(C)cc34)cc(=O)c2c1. The molecule has 0 atom stereocenters. The van der Waals surface area contributed by atoms with Gasteiger partial charge in [0.1, 0.15) is 17.8 Å². The quantitative estimate of drug-likeness (QED) is 0.385. The monoisotopic (exact) mass is 390 g/mol. The summed E-state index contributed by atoms with van der Waals surface area (Å²) in [6.45, 7) is 5.58. The smallest absolute Gasteiger partial charge is 0.374 e. The van der Waals surface area contributed by atoms with Gasteiger partial charge in [-0.3, -0.25) is 4.79 Å². The van der Waals surface area contributed by atoms with E-state index < -0.39 is 11.6 Å². The molecule has 0 unspecified atom stereocenters. The first kappa shape index (κ1) is 18.7. The second-order valence-corrected chi connectivity index (χ2v) is 7.07. The van der Waals surface area contributed by atoms with Crippen LogP contribution in [0.25, 0.3) is 21.9 Å². The molecule has 6 nitrogen and oxygen atoms in total. The summed E-state index contributed by atoms with van der Waals surface area (Å²) in [4.78, 5) is 36.6. The van der Waals surface area contributed by atoms with Crippen LogP contribution in [0.3, 0.4) is 0 Å². The molecular formula is C23H18O6. The van der Waals surface area contributed by atoms with E-state index in [1.807, 2.05) is 26.8 Å². The van der Waals surface area contributed by atoms with E-state index in [1.165, 1.54) is 6.07 Å². The minimum Gasteiger partial charge on any atom is -0.455 e. The van der Waals surface area contributed by atoms with Crippen LogP contribution in [-0.4, -0.2) is 5.97 Å². The maximum Gasteiger partial charge on any atom is 0.374 e. The van der Waals surface area contributed by atoms with Gasteiger partial charge in [0.15, 0.2) is 5.43 Å². The summed E-state index contributed by atoms with van der Waals surface area (Å²) < 4.78 is 16.1. The van der Waals surface area contributed by atoms with Crippen LogP contribution in [0, 0.1) is 20.8 Å². The molecule has 0 spiro atoms. The first-order valence-electron chi connectivity index (χ1n) is 9.07. The third-order valence-corrected chi connectivity index (χ3v) is 4.89. The zero-order chi connectivity index (χ0) is 20.7. The number of ether oxygens (including phenoxy) is 1. The Morgan fingerprint density at radius 1 is 0.862 bits per heavy atom. The zero-order valence-corrected chi connectivity index (χ0v) is 16.2. The van der Waals surface area contributed by atoms with Gasteiger partial charge < -0.3 is 13.6 Å². The van der Waals surface area contributed by atoms with E-state index >= 15 is 0 Å². The summed E-state index contributed by atoms with van der Waals surface area (Å²) in [5, 5.41) is 1.09. The van der Waals surface area contributed by atoms with Gasteiger partial charge >= 0.3 is 11.6 Å². The Balaban J connectivity index is 1.66. The number of benzene rings is 2. The van der Waals surface area contributed by atoms with Crippen molar-refractivity contribution >= 4 is 27.9 Å². The van der Waals surface area contributed by atoms with Crippen molar-refractivity contribution in [2.75, 3.05) is 0 Å². The summed E-state index contributed by atoms with van der Waals surface area (Å²) >= 11 is 0. The van der Waals surface area contributed by atoms with Crippen LogP contribution in [-0.2, 0) is 11.3 Å². The molecular weight excluding hydrogens is 372 g/mol. The molecule has 2 heterocycles. The van der Waals surface area contributed by atoms with Crippen molar-refractivity contribution in [1.82, 2.24) is 0 Å². The molecule has 6 heteroatoms. The van der Waals surface area contributed by atoms with Crippen LogP contribution in [0.1, 0.15) is 32.8 Å². The number of aryl methyl sites for hydroxylation is 3. The van der Waals surface area contributed by atoms with Gasteiger partial charge in [-0.1, -0.05) is 11.6 Å². The molecule has 0 N–H and O–H groups in total. The number of hydrogen-bond acceptors (Lipinski definition) is 6. The van der Waals surface area contributed by atoms with E-state index in [1.54, 1.807) is 24.3 Å². The largest absolute Gasteiger partial charge is 0.455 e. The van der Waals surface area contributed by atoms with Crippen molar-refractivity contribution in [1.29, 1.82) is 0 Å². The second kappa shape index (κ2) is 7.05. The van der Waals surface area contributed by atoms with Crippen molar-refractivity contribution < 1.29 is 18.4 Å². The number of hydrogen-bond donors (Lipinski definition) is 0. The molecule has 0 aliphatic heterocycles. The third-order valence-electron chi connectivity index (χ3n) is 4.89. The average molecular weight is 390 g/mol. The van der Waals surface area contributed by atoms with E-state index in [0.717, 1.165) is 22.8 Å². The molecule has 0 aliphatic carbocycles. The van der Waals surface area contributed by atoms with Gasteiger partial charge in [0, 0.05) is 23.1 Å². The summed E-state index contributed by atoms with van der Waals surface area (Å²) in [5.74, 6) is -0.972. The zero-order valence-electron chi connectivity index (χ0n) is 16.2. The standard InChI is InChI=1S/C23H18O6/c1-12-4-5-19-17(6-12)18(24)10-21(28-19)23(26)27-11-15-9-22(25)29-20-8-14(3)13(2)7-16(15)20/h4-10H,11H2,1-3H3.